The van der Waals surface area contributed by atoms with Gasteiger partial charge in [0.15, 0.2) is 5.82 Å². The average Bonchev–Trinajstić information content (AvgIpc) is 2.97. The van der Waals surface area contributed by atoms with Gasteiger partial charge in [0.05, 0.1) is 10.5 Å². The highest BCUT2D eigenvalue weighted by Crippen LogP contribution is 2.28. The number of hydrogen-bond acceptors (Lipinski definition) is 5. The van der Waals surface area contributed by atoms with Crippen LogP contribution in [0.5, 0.6) is 0 Å². The van der Waals surface area contributed by atoms with Gasteiger partial charge in [-0.25, -0.2) is 4.39 Å². The summed E-state index contributed by atoms with van der Waals surface area (Å²) in [6, 6.07) is 9.62. The molecule has 29 heavy (non-hydrogen) atoms. The first-order valence-corrected chi connectivity index (χ1v) is 9.31. The van der Waals surface area contributed by atoms with Gasteiger partial charge in [-0.2, -0.15) is 0 Å². The van der Waals surface area contributed by atoms with Crippen molar-refractivity contribution in [3.05, 3.63) is 69.8 Å². The summed E-state index contributed by atoms with van der Waals surface area (Å²) >= 11 is 0. The van der Waals surface area contributed by atoms with Gasteiger partial charge < -0.3 is 9.88 Å². The van der Waals surface area contributed by atoms with Crippen LogP contribution in [0.25, 0.3) is 11.4 Å². The molecular weight excluding hydrogens is 377 g/mol. The normalized spacial score (nSPS) is 13.4. The van der Waals surface area contributed by atoms with Gasteiger partial charge in [-0.1, -0.05) is 12.5 Å². The molecule has 0 saturated heterocycles. The minimum absolute atomic E-state index is 0.140. The summed E-state index contributed by atoms with van der Waals surface area (Å²) in [6.07, 6.45) is 3.89. The predicted molar refractivity (Wildman–Crippen MR) is 104 cm³/mol. The average molecular weight is 395 g/mol. The lowest BCUT2D eigenvalue weighted by atomic mass is 10.1. The first-order chi connectivity index (χ1) is 14.0. The number of rotatable bonds is 4. The number of halogens is 1. The number of non-ortho nitro benzene ring substituents is 1. The fraction of sp³-hybridized carbons (Fsp3) is 0.250. The number of nitrogens with zero attached hydrogens (tertiary/aromatic N) is 4. The van der Waals surface area contributed by atoms with E-state index in [9.17, 15) is 19.3 Å². The van der Waals surface area contributed by atoms with Crippen molar-refractivity contribution < 1.29 is 14.1 Å². The fourth-order valence-corrected chi connectivity index (χ4v) is 3.42. The monoisotopic (exact) mass is 395 g/mol. The van der Waals surface area contributed by atoms with Crippen molar-refractivity contribution in [2.75, 3.05) is 5.32 Å². The van der Waals surface area contributed by atoms with Crippen molar-refractivity contribution in [2.45, 2.75) is 32.2 Å². The molecule has 2 aromatic carbocycles. The summed E-state index contributed by atoms with van der Waals surface area (Å²) in [7, 11) is 0. The topological polar surface area (TPSA) is 103 Å². The number of nitro groups is 1. The minimum atomic E-state index is -0.566. The molecule has 1 aromatic heterocycles. The number of benzene rings is 2. The van der Waals surface area contributed by atoms with E-state index in [4.69, 9.17) is 0 Å². The lowest BCUT2D eigenvalue weighted by Crippen LogP contribution is -2.12. The molecule has 0 spiro atoms. The number of hydrogen-bond donors (Lipinski definition) is 1. The summed E-state index contributed by atoms with van der Waals surface area (Å²) in [5, 5.41) is 21.9. The van der Waals surface area contributed by atoms with Crippen LogP contribution in [0.2, 0.25) is 0 Å². The van der Waals surface area contributed by atoms with Crippen molar-refractivity contribution >= 4 is 17.3 Å². The number of nitro benzene ring substituents is 1. The first kappa shape index (κ1) is 18.7. The molecule has 0 atom stereocenters. The van der Waals surface area contributed by atoms with Crippen molar-refractivity contribution in [3.8, 4) is 11.4 Å². The standard InChI is InChI=1S/C20H18FN5O3/c21-17-9-8-14(22-20(27)13-5-4-6-15(11-13)26(28)29)12-16(17)19-24-23-18-7-2-1-3-10-25(18)19/h4-6,8-9,11-12H,1-3,7,10H2,(H,22,27). The van der Waals surface area contributed by atoms with Gasteiger partial charge in [0.1, 0.15) is 11.6 Å². The van der Waals surface area contributed by atoms with Gasteiger partial charge in [-0.3, -0.25) is 14.9 Å². The summed E-state index contributed by atoms with van der Waals surface area (Å²) in [5.41, 5.74) is 0.580. The zero-order valence-corrected chi connectivity index (χ0v) is 15.5. The quantitative estimate of drug-likeness (QED) is 0.532. The number of amides is 1. The summed E-state index contributed by atoms with van der Waals surface area (Å²) < 4.78 is 16.5. The van der Waals surface area contributed by atoms with Crippen LogP contribution < -0.4 is 5.32 Å². The Bertz CT molecular complexity index is 1100. The lowest BCUT2D eigenvalue weighted by molar-refractivity contribution is -0.384. The SMILES string of the molecule is O=C(Nc1ccc(F)c(-c2nnc3n2CCCCC3)c1)c1cccc([N+](=O)[O-])c1. The second-order valence-corrected chi connectivity index (χ2v) is 6.86. The number of anilines is 1. The van der Waals surface area contributed by atoms with E-state index in [0.29, 0.717) is 11.5 Å². The Balaban J connectivity index is 1.63. The third-order valence-corrected chi connectivity index (χ3v) is 4.89. The number of aryl methyl sites for hydroxylation is 1. The molecule has 0 saturated carbocycles. The van der Waals surface area contributed by atoms with Gasteiger partial charge in [0, 0.05) is 36.3 Å². The van der Waals surface area contributed by atoms with Crippen LogP contribution in [0.1, 0.15) is 35.4 Å². The van der Waals surface area contributed by atoms with E-state index in [1.807, 2.05) is 4.57 Å². The third-order valence-electron chi connectivity index (χ3n) is 4.89. The lowest BCUT2D eigenvalue weighted by Gasteiger charge is -2.10. The highest BCUT2D eigenvalue weighted by atomic mass is 19.1. The molecule has 0 radical (unpaired) electrons. The maximum atomic E-state index is 14.5. The van der Waals surface area contributed by atoms with E-state index in [2.05, 4.69) is 15.5 Å². The van der Waals surface area contributed by atoms with E-state index in [1.165, 1.54) is 42.5 Å². The molecule has 8 nitrogen and oxygen atoms in total. The van der Waals surface area contributed by atoms with Crippen LogP contribution in [0, 0.1) is 15.9 Å². The van der Waals surface area contributed by atoms with E-state index >= 15 is 0 Å². The molecule has 1 aliphatic rings. The summed E-state index contributed by atoms with van der Waals surface area (Å²) in [4.78, 5) is 22.8. The van der Waals surface area contributed by atoms with E-state index in [-0.39, 0.29) is 16.8 Å². The Morgan fingerprint density at radius 3 is 2.83 bits per heavy atom. The second-order valence-electron chi connectivity index (χ2n) is 6.86. The molecule has 1 N–H and O–H groups in total. The van der Waals surface area contributed by atoms with E-state index < -0.39 is 16.6 Å². The minimum Gasteiger partial charge on any atom is -0.322 e. The van der Waals surface area contributed by atoms with Crippen molar-refractivity contribution in [2.24, 2.45) is 0 Å². The van der Waals surface area contributed by atoms with Gasteiger partial charge in [-0.05, 0) is 37.1 Å². The number of carbonyl (C=O) groups is 1. The van der Waals surface area contributed by atoms with Gasteiger partial charge >= 0.3 is 0 Å². The molecule has 0 aliphatic carbocycles. The highest BCUT2D eigenvalue weighted by molar-refractivity contribution is 6.04. The maximum Gasteiger partial charge on any atom is 0.270 e. The second kappa shape index (κ2) is 7.78. The van der Waals surface area contributed by atoms with E-state index in [1.54, 1.807) is 0 Å². The zero-order chi connectivity index (χ0) is 20.4. The zero-order valence-electron chi connectivity index (χ0n) is 15.5. The van der Waals surface area contributed by atoms with Crippen LogP contribution in [-0.4, -0.2) is 25.6 Å². The van der Waals surface area contributed by atoms with Crippen molar-refractivity contribution in [1.29, 1.82) is 0 Å². The highest BCUT2D eigenvalue weighted by Gasteiger charge is 2.19. The van der Waals surface area contributed by atoms with Gasteiger partial charge in [0.2, 0.25) is 0 Å². The van der Waals surface area contributed by atoms with Gasteiger partial charge in [-0.15, -0.1) is 10.2 Å². The Morgan fingerprint density at radius 1 is 1.14 bits per heavy atom. The van der Waals surface area contributed by atoms with Crippen LogP contribution in [0.3, 0.4) is 0 Å². The summed E-state index contributed by atoms with van der Waals surface area (Å²) in [5.74, 6) is 0.290. The van der Waals surface area contributed by atoms with Crippen molar-refractivity contribution in [3.63, 3.8) is 0 Å². The molecule has 4 rings (SSSR count). The molecular formula is C20H18FN5O3. The molecule has 1 amide bonds. The maximum absolute atomic E-state index is 14.5. The Morgan fingerprint density at radius 2 is 2.00 bits per heavy atom. The molecule has 9 heteroatoms. The molecule has 0 fully saturated rings. The van der Waals surface area contributed by atoms with Crippen molar-refractivity contribution in [1.82, 2.24) is 14.8 Å². The Labute approximate surface area is 165 Å². The van der Waals surface area contributed by atoms with Crippen LogP contribution in [0.15, 0.2) is 42.5 Å². The predicted octanol–water partition coefficient (Wildman–Crippen LogP) is 3.97. The largest absolute Gasteiger partial charge is 0.322 e. The number of nitrogens with one attached hydrogen (secondary N) is 1. The molecule has 2 heterocycles. The van der Waals surface area contributed by atoms with Crippen LogP contribution in [-0.2, 0) is 13.0 Å². The molecule has 0 bridgehead atoms. The molecule has 3 aromatic rings. The molecule has 0 unspecified atom stereocenters. The number of fused-ring (bicyclic) bond motifs is 1. The first-order valence-electron chi connectivity index (χ1n) is 9.31. The smallest absolute Gasteiger partial charge is 0.270 e. The molecule has 148 valence electrons. The van der Waals surface area contributed by atoms with E-state index in [0.717, 1.165) is 38.1 Å². The summed E-state index contributed by atoms with van der Waals surface area (Å²) in [6.45, 7) is 0.724. The van der Waals surface area contributed by atoms with Crippen LogP contribution in [0.4, 0.5) is 15.8 Å². The number of carbonyl (C=O) groups excluding carboxylic acids is 1. The number of aromatic nitrogens is 3. The fourth-order valence-electron chi connectivity index (χ4n) is 3.42. The Hall–Kier alpha value is -3.62. The molecule has 1 aliphatic heterocycles. The Kier molecular flexibility index (Phi) is 5.03. The van der Waals surface area contributed by atoms with Gasteiger partial charge in [0.25, 0.3) is 11.6 Å². The van der Waals surface area contributed by atoms with Crippen LogP contribution >= 0.6 is 0 Å². The third kappa shape index (κ3) is 3.84.